The van der Waals surface area contributed by atoms with Crippen LogP contribution in [-0.2, 0) is 13.1 Å². The number of rotatable bonds is 4. The van der Waals surface area contributed by atoms with Gasteiger partial charge in [-0.2, -0.15) is 0 Å². The highest BCUT2D eigenvalue weighted by molar-refractivity contribution is 7.09. The smallest absolute Gasteiger partial charge is 0.0798 e. The molecule has 2 nitrogen and oxygen atoms in total. The maximum absolute atomic E-state index is 4.22. The highest BCUT2D eigenvalue weighted by Gasteiger charge is 1.99. The number of nitrogens with zero attached hydrogens (tertiary/aromatic N) is 1. The lowest BCUT2D eigenvalue weighted by molar-refractivity contribution is 0.697. The molecular formula is C12H14N2S. The molecule has 2 aromatic rings. The molecule has 0 fully saturated rings. The third-order valence-electron chi connectivity index (χ3n) is 2.30. The summed E-state index contributed by atoms with van der Waals surface area (Å²) in [6, 6.07) is 10.4. The van der Waals surface area contributed by atoms with Gasteiger partial charge in [0.25, 0.3) is 0 Å². The predicted octanol–water partition coefficient (Wildman–Crippen LogP) is 2.74. The fraction of sp³-hybridized carbons (Fsp3) is 0.250. The van der Waals surface area contributed by atoms with Gasteiger partial charge < -0.3 is 5.32 Å². The number of thiazole rings is 1. The number of aryl methyl sites for hydroxylation is 1. The summed E-state index contributed by atoms with van der Waals surface area (Å²) in [5, 5.41) is 3.42. The van der Waals surface area contributed by atoms with Crippen LogP contribution in [0.4, 0.5) is 0 Å². The quantitative estimate of drug-likeness (QED) is 0.853. The first-order chi connectivity index (χ1) is 7.36. The van der Waals surface area contributed by atoms with Crippen molar-refractivity contribution in [2.24, 2.45) is 0 Å². The maximum atomic E-state index is 4.22. The summed E-state index contributed by atoms with van der Waals surface area (Å²) in [5.41, 5.74) is 4.36. The topological polar surface area (TPSA) is 24.9 Å². The van der Waals surface area contributed by atoms with Crippen molar-refractivity contribution in [3.63, 3.8) is 0 Å². The normalized spacial score (nSPS) is 10.5. The number of benzene rings is 1. The summed E-state index contributed by atoms with van der Waals surface area (Å²) in [6.07, 6.45) is 0. The molecule has 2 rings (SSSR count). The number of nitrogens with one attached hydrogen (secondary N) is 1. The van der Waals surface area contributed by atoms with Crippen molar-refractivity contribution in [3.05, 3.63) is 52.0 Å². The Bertz CT molecular complexity index is 409. The minimum absolute atomic E-state index is 0.908. The van der Waals surface area contributed by atoms with Gasteiger partial charge in [-0.25, -0.2) is 4.98 Å². The summed E-state index contributed by atoms with van der Waals surface area (Å²) < 4.78 is 0. The maximum Gasteiger partial charge on any atom is 0.0798 e. The van der Waals surface area contributed by atoms with Gasteiger partial charge in [0.15, 0.2) is 0 Å². The standard InChI is InChI=1S/C12H14N2S/c1-10-12(15-9-14-10)8-13-7-11-5-3-2-4-6-11/h2-6,9,13H,7-8H2,1H3. The van der Waals surface area contributed by atoms with E-state index in [1.165, 1.54) is 10.4 Å². The van der Waals surface area contributed by atoms with Gasteiger partial charge in [0.1, 0.15) is 0 Å². The van der Waals surface area contributed by atoms with Gasteiger partial charge in [0.05, 0.1) is 11.2 Å². The molecule has 1 N–H and O–H groups in total. The lowest BCUT2D eigenvalue weighted by Crippen LogP contribution is -2.12. The summed E-state index contributed by atoms with van der Waals surface area (Å²) in [7, 11) is 0. The molecule has 78 valence electrons. The lowest BCUT2D eigenvalue weighted by atomic mass is 10.2. The second-order valence-corrected chi connectivity index (χ2v) is 4.39. The van der Waals surface area contributed by atoms with E-state index in [0.29, 0.717) is 0 Å². The molecule has 1 aromatic heterocycles. The Labute approximate surface area is 94.0 Å². The van der Waals surface area contributed by atoms with Crippen LogP contribution >= 0.6 is 11.3 Å². The van der Waals surface area contributed by atoms with E-state index in [-0.39, 0.29) is 0 Å². The molecule has 0 spiro atoms. The molecule has 1 heterocycles. The second-order valence-electron chi connectivity index (χ2n) is 3.45. The highest BCUT2D eigenvalue weighted by atomic mass is 32.1. The van der Waals surface area contributed by atoms with E-state index in [1.54, 1.807) is 11.3 Å². The van der Waals surface area contributed by atoms with E-state index in [2.05, 4.69) is 41.5 Å². The van der Waals surface area contributed by atoms with Crippen LogP contribution in [0.2, 0.25) is 0 Å². The van der Waals surface area contributed by atoms with Gasteiger partial charge >= 0.3 is 0 Å². The van der Waals surface area contributed by atoms with E-state index in [1.807, 2.05) is 11.6 Å². The predicted molar refractivity (Wildman–Crippen MR) is 63.8 cm³/mol. The van der Waals surface area contributed by atoms with Crippen LogP contribution in [0.5, 0.6) is 0 Å². The van der Waals surface area contributed by atoms with Crippen LogP contribution in [0.3, 0.4) is 0 Å². The highest BCUT2D eigenvalue weighted by Crippen LogP contribution is 2.11. The number of hydrogen-bond acceptors (Lipinski definition) is 3. The Hall–Kier alpha value is -1.19. The van der Waals surface area contributed by atoms with Crippen molar-refractivity contribution in [3.8, 4) is 0 Å². The average molecular weight is 218 g/mol. The van der Waals surface area contributed by atoms with E-state index in [9.17, 15) is 0 Å². The van der Waals surface area contributed by atoms with Gasteiger partial charge in [0.2, 0.25) is 0 Å². The molecule has 0 saturated heterocycles. The Morgan fingerprint density at radius 3 is 2.67 bits per heavy atom. The van der Waals surface area contributed by atoms with Crippen LogP contribution in [0.15, 0.2) is 35.8 Å². The van der Waals surface area contributed by atoms with E-state index < -0.39 is 0 Å². The Morgan fingerprint density at radius 1 is 1.20 bits per heavy atom. The molecule has 3 heteroatoms. The first-order valence-electron chi connectivity index (χ1n) is 5.00. The van der Waals surface area contributed by atoms with E-state index in [0.717, 1.165) is 18.8 Å². The van der Waals surface area contributed by atoms with E-state index >= 15 is 0 Å². The van der Waals surface area contributed by atoms with Gasteiger partial charge in [-0.05, 0) is 12.5 Å². The molecule has 0 radical (unpaired) electrons. The summed E-state index contributed by atoms with van der Waals surface area (Å²) in [6.45, 7) is 3.87. The molecule has 1 aromatic carbocycles. The monoisotopic (exact) mass is 218 g/mol. The molecule has 0 atom stereocenters. The third kappa shape index (κ3) is 2.88. The van der Waals surface area contributed by atoms with Crippen LogP contribution in [0.25, 0.3) is 0 Å². The van der Waals surface area contributed by atoms with Gasteiger partial charge in [0, 0.05) is 18.0 Å². The van der Waals surface area contributed by atoms with Gasteiger partial charge in [-0.1, -0.05) is 30.3 Å². The summed E-state index contributed by atoms with van der Waals surface area (Å²) >= 11 is 1.71. The van der Waals surface area contributed by atoms with Gasteiger partial charge in [-0.3, -0.25) is 0 Å². The molecule has 15 heavy (non-hydrogen) atoms. The SMILES string of the molecule is Cc1ncsc1CNCc1ccccc1. The summed E-state index contributed by atoms with van der Waals surface area (Å²) in [5.74, 6) is 0. The minimum Gasteiger partial charge on any atom is -0.308 e. The molecule has 0 aliphatic rings. The lowest BCUT2D eigenvalue weighted by Gasteiger charge is -2.03. The van der Waals surface area contributed by atoms with Crippen molar-refractivity contribution in [1.29, 1.82) is 0 Å². The average Bonchev–Trinajstić information content (AvgIpc) is 2.66. The molecule has 0 saturated carbocycles. The fourth-order valence-corrected chi connectivity index (χ4v) is 2.16. The Balaban J connectivity index is 1.83. The van der Waals surface area contributed by atoms with Crippen LogP contribution < -0.4 is 5.32 Å². The Kier molecular flexibility index (Phi) is 3.48. The summed E-state index contributed by atoms with van der Waals surface area (Å²) in [4.78, 5) is 5.55. The van der Waals surface area contributed by atoms with E-state index in [4.69, 9.17) is 0 Å². The van der Waals surface area contributed by atoms with Crippen molar-refractivity contribution in [2.45, 2.75) is 20.0 Å². The first kappa shape index (κ1) is 10.3. The molecule has 0 unspecified atom stereocenters. The van der Waals surface area contributed by atoms with Crippen LogP contribution in [-0.4, -0.2) is 4.98 Å². The largest absolute Gasteiger partial charge is 0.308 e. The fourth-order valence-electron chi connectivity index (χ4n) is 1.41. The zero-order valence-electron chi connectivity index (χ0n) is 8.73. The molecule has 0 bridgehead atoms. The second kappa shape index (κ2) is 5.05. The minimum atomic E-state index is 0.908. The van der Waals surface area contributed by atoms with Gasteiger partial charge in [-0.15, -0.1) is 11.3 Å². The van der Waals surface area contributed by atoms with Crippen molar-refractivity contribution >= 4 is 11.3 Å². The molecule has 0 aliphatic heterocycles. The van der Waals surface area contributed by atoms with Crippen molar-refractivity contribution in [1.82, 2.24) is 10.3 Å². The number of aromatic nitrogens is 1. The zero-order valence-corrected chi connectivity index (χ0v) is 9.55. The van der Waals surface area contributed by atoms with Crippen LogP contribution in [0, 0.1) is 6.92 Å². The van der Waals surface area contributed by atoms with Crippen molar-refractivity contribution < 1.29 is 0 Å². The molecule has 0 aliphatic carbocycles. The third-order valence-corrected chi connectivity index (χ3v) is 3.24. The molecular weight excluding hydrogens is 204 g/mol. The number of hydrogen-bond donors (Lipinski definition) is 1. The molecule has 0 amide bonds. The van der Waals surface area contributed by atoms with Crippen molar-refractivity contribution in [2.75, 3.05) is 0 Å². The van der Waals surface area contributed by atoms with Crippen LogP contribution in [0.1, 0.15) is 16.1 Å². The zero-order chi connectivity index (χ0) is 10.5. The Morgan fingerprint density at radius 2 is 2.00 bits per heavy atom. The first-order valence-corrected chi connectivity index (χ1v) is 5.88.